The lowest BCUT2D eigenvalue weighted by molar-refractivity contribution is -0.234. The van der Waals surface area contributed by atoms with Crippen LogP contribution < -0.4 is 14.2 Å². The number of fused-ring (bicyclic) bond motifs is 5. The van der Waals surface area contributed by atoms with Crippen LogP contribution >= 0.6 is 11.8 Å². The Balaban J connectivity index is 0.000000171. The molecule has 3 atom stereocenters. The Morgan fingerprint density at radius 2 is 0.980 bits per heavy atom. The third kappa shape index (κ3) is 23.0. The van der Waals surface area contributed by atoms with Gasteiger partial charge in [-0.25, -0.2) is 42.8 Å². The zero-order chi connectivity index (χ0) is 74.4. The fourth-order valence-electron chi connectivity index (χ4n) is 12.6. The van der Waals surface area contributed by atoms with E-state index in [1.807, 2.05) is 24.3 Å². The molecular formula is C69H86F11NO12S8+2. The molecule has 12 rings (SSSR count). The summed E-state index contributed by atoms with van der Waals surface area (Å²) in [7, 11) is -8.03. The molecule has 0 amide bonds. The highest BCUT2D eigenvalue weighted by Gasteiger charge is 2.62. The fraction of sp³-hybridized carbons (Fsp3) is 0.551. The molecule has 6 aliphatic rings. The minimum absolute atomic E-state index is 0.0258. The predicted molar refractivity (Wildman–Crippen MR) is 387 cm³/mol. The fourth-order valence-corrected chi connectivity index (χ4v) is 28.5. The van der Waals surface area contributed by atoms with E-state index in [9.17, 15) is 82.6 Å². The molecule has 3 saturated carbocycles. The molecule has 101 heavy (non-hydrogen) atoms. The maximum atomic E-state index is 13.3. The molecule has 562 valence electrons. The van der Waals surface area contributed by atoms with Crippen molar-refractivity contribution < 1.29 is 101 Å². The molecule has 0 N–H and O–H groups in total. The highest BCUT2D eigenvalue weighted by atomic mass is 32.3. The zero-order valence-electron chi connectivity index (χ0n) is 56.7. The molecular weight excluding hydrogens is 1500 g/mol. The molecule has 3 saturated heterocycles. The monoisotopic (exact) mass is 1590 g/mol. The first kappa shape index (κ1) is 83.8. The molecule has 3 aliphatic carbocycles. The average molecular weight is 1590 g/mol. The van der Waals surface area contributed by atoms with Crippen LogP contribution in [0.2, 0.25) is 0 Å². The number of esters is 1. The third-order valence-corrected chi connectivity index (χ3v) is 33.1. The lowest BCUT2D eigenvalue weighted by Gasteiger charge is -2.33. The Morgan fingerprint density at radius 3 is 1.34 bits per heavy atom. The van der Waals surface area contributed by atoms with Gasteiger partial charge in [-0.2, -0.15) is 42.5 Å². The Bertz CT molecular complexity index is 4090. The van der Waals surface area contributed by atoms with Gasteiger partial charge in [0.25, 0.3) is 0 Å². The molecule has 2 bridgehead atoms. The van der Waals surface area contributed by atoms with Crippen molar-refractivity contribution in [2.45, 2.75) is 122 Å². The van der Waals surface area contributed by atoms with Gasteiger partial charge in [-0.3, -0.25) is 9.00 Å². The molecule has 0 radical (unpaired) electrons. The number of thioether (sulfide) groups is 1. The molecule has 0 aromatic heterocycles. The quantitative estimate of drug-likeness (QED) is 0.0537. The predicted octanol–water partition coefficient (Wildman–Crippen LogP) is 16.1. The number of sulfonamides is 2. The summed E-state index contributed by atoms with van der Waals surface area (Å²) < 4.78 is 234. The summed E-state index contributed by atoms with van der Waals surface area (Å²) in [5, 5.41) is 7.40. The van der Waals surface area contributed by atoms with Crippen LogP contribution in [0.4, 0.5) is 48.3 Å². The summed E-state index contributed by atoms with van der Waals surface area (Å²) in [6.07, 6.45) is 6.07. The number of rotatable bonds is 15. The lowest BCUT2D eigenvalue weighted by Crippen LogP contribution is -2.46. The molecule has 3 aliphatic heterocycles. The van der Waals surface area contributed by atoms with Crippen molar-refractivity contribution in [2.24, 2.45) is 23.7 Å². The number of carbonyl (C=O) groups excluding carboxylic acids is 1. The number of nitrogens with zero attached hydrogens (tertiary/aromatic N) is 1. The first-order chi connectivity index (χ1) is 47.3. The minimum Gasteiger partial charge on any atom is -0.496 e. The van der Waals surface area contributed by atoms with E-state index in [0.717, 1.165) is 89.3 Å². The average Bonchev–Trinajstić information content (AvgIpc) is 1.65. The number of carbonyl (C=O) groups is 1. The van der Waals surface area contributed by atoms with E-state index in [4.69, 9.17) is 14.2 Å². The summed E-state index contributed by atoms with van der Waals surface area (Å²) in [6.45, 7) is -0.166. The summed E-state index contributed by atoms with van der Waals surface area (Å²) in [5.74, 6) is -3.65. The summed E-state index contributed by atoms with van der Waals surface area (Å²) in [6, 6.07) is 38.0. The van der Waals surface area contributed by atoms with Crippen LogP contribution in [-0.4, -0.2) is 168 Å². The van der Waals surface area contributed by atoms with Crippen LogP contribution in [0, 0.1) is 23.7 Å². The number of halogens is 11. The second-order valence-corrected chi connectivity index (χ2v) is 40.5. The molecule has 0 spiro atoms. The largest absolute Gasteiger partial charge is 0.496 e. The number of alkyl halides is 11. The number of methoxy groups -OCH3 is 3. The number of hydrogen-bond acceptors (Lipinski definition) is 13. The van der Waals surface area contributed by atoms with E-state index in [-0.39, 0.29) is 52.7 Å². The van der Waals surface area contributed by atoms with Gasteiger partial charge in [-0.1, -0.05) is 80.3 Å². The maximum Gasteiger partial charge on any atom is 0.480 e. The molecule has 6 fully saturated rings. The van der Waals surface area contributed by atoms with Crippen LogP contribution in [0.3, 0.4) is 0 Å². The minimum atomic E-state index is -5.92. The number of sulfone groups is 1. The van der Waals surface area contributed by atoms with Crippen LogP contribution in [0.25, 0.3) is 36.4 Å². The number of hydrogen-bond donors (Lipinski definition) is 0. The molecule has 6 aromatic rings. The molecule has 3 unspecified atom stereocenters. The number of benzene rings is 6. The van der Waals surface area contributed by atoms with Crippen LogP contribution in [0.1, 0.15) is 78.1 Å². The highest BCUT2D eigenvalue weighted by molar-refractivity contribution is 8.12. The molecule has 32 heteroatoms. The second kappa shape index (κ2) is 36.2. The topological polar surface area (TPSA) is 188 Å². The van der Waals surface area contributed by atoms with E-state index in [0.29, 0.717) is 55.0 Å². The van der Waals surface area contributed by atoms with Crippen LogP contribution in [0.15, 0.2) is 124 Å². The first-order valence-corrected chi connectivity index (χ1v) is 45.0. The zero-order valence-corrected chi connectivity index (χ0v) is 63.3. The van der Waals surface area contributed by atoms with E-state index in [1.165, 1.54) is 64.6 Å². The van der Waals surface area contributed by atoms with Gasteiger partial charge in [0.2, 0.25) is 0 Å². The van der Waals surface area contributed by atoms with Crippen molar-refractivity contribution in [1.29, 1.82) is 0 Å². The van der Waals surface area contributed by atoms with Gasteiger partial charge in [0.1, 0.15) is 51.8 Å². The van der Waals surface area contributed by atoms with Gasteiger partial charge in [-0.05, 0) is 98.5 Å². The van der Waals surface area contributed by atoms with Gasteiger partial charge in [-0.15, -0.1) is 0 Å². The van der Waals surface area contributed by atoms with Crippen molar-refractivity contribution in [3.05, 3.63) is 113 Å². The van der Waals surface area contributed by atoms with Crippen molar-refractivity contribution in [1.82, 2.24) is 0 Å². The molecule has 3 heterocycles. The Hall–Kier alpha value is -4.44. The molecule has 13 nitrogen and oxygen atoms in total. The van der Waals surface area contributed by atoms with Crippen molar-refractivity contribution in [3.63, 3.8) is 0 Å². The number of ether oxygens (including phenoxy) is 4. The van der Waals surface area contributed by atoms with Crippen molar-refractivity contribution >= 4 is 123 Å². The Morgan fingerprint density at radius 1 is 0.564 bits per heavy atom. The standard InChI is InChI=1S/C15H17O3S2.C15H17O2S2.C15H17OS2.C12H18F4O2.C10H14F4.C2H3F3NO4S2/c1-18-14-6-7-15(13-5-3-2-4-12(13)14)19-8-10-20(16,17)11-9-19;1-17-14-6-7-15(13-5-3-2-4-12(13)14)18-8-10-19(16)11-9-18;1-16-14-6-7-15(18-10-8-17-9-11-18)13-5-3-2-4-12(13)14;1-11(13,14)12(15,16)7-8-18-10(17)9-5-3-2-4-6-9;1-9(11,12)10(13,14)8-5-6-2-3-7(8)4-6;1-11(7,8)6-12(9,10)2(3,4)5/h2-7H,8-11H2,1H3;2-7H,8-11H2,1H3;2-7H,8-11H2,1H3;9H,2-8H2,1H3;6-8H,2-5H2,1H3;1H3/q3*+1;;;-1. The SMILES string of the molecule is CC(F)(F)C(F)(F)C1CC2CCC1C2.CC(F)(F)C(F)(F)CCOC(=O)C1CCCCC1.COc1ccc([S+]2CCS(=O)(=O)CC2)c2ccccc12.COc1ccc([S+]2CCS(=O)CC2)c2ccccc12.COc1ccc([S+]2CCSCC2)c2ccccc12.CS(=O)(=O)[N-]S(=O)(=O)C(F)(F)F. The van der Waals surface area contributed by atoms with Gasteiger partial charge in [0.15, 0.2) is 34.5 Å². The second-order valence-electron chi connectivity index (χ2n) is 25.1. The van der Waals surface area contributed by atoms with Crippen molar-refractivity contribution in [2.75, 3.05) is 103 Å². The van der Waals surface area contributed by atoms with Gasteiger partial charge < -0.3 is 23.1 Å². The molecule has 6 aromatic carbocycles. The Kier molecular flexibility index (Phi) is 30.1. The maximum absolute atomic E-state index is 13.3. The smallest absolute Gasteiger partial charge is 0.480 e. The van der Waals surface area contributed by atoms with Gasteiger partial charge in [0, 0.05) is 113 Å². The first-order valence-electron chi connectivity index (χ1n) is 32.6. The third-order valence-electron chi connectivity index (χ3n) is 18.0. The highest BCUT2D eigenvalue weighted by Crippen LogP contribution is 2.57. The van der Waals surface area contributed by atoms with Crippen molar-refractivity contribution in [3.8, 4) is 17.2 Å². The van der Waals surface area contributed by atoms with Crippen LogP contribution in [0.5, 0.6) is 17.2 Å². The normalized spacial score (nSPS) is 21.5. The van der Waals surface area contributed by atoms with Crippen LogP contribution in [-0.2, 0) is 82.9 Å². The Labute approximate surface area is 600 Å². The van der Waals surface area contributed by atoms with E-state index < -0.39 is 94.8 Å². The summed E-state index contributed by atoms with van der Waals surface area (Å²) in [5.41, 5.74) is -5.67. The lowest BCUT2D eigenvalue weighted by atomic mass is 9.82. The summed E-state index contributed by atoms with van der Waals surface area (Å²) >= 11 is 2.09. The van der Waals surface area contributed by atoms with E-state index >= 15 is 0 Å². The van der Waals surface area contributed by atoms with E-state index in [2.05, 4.69) is 101 Å². The van der Waals surface area contributed by atoms with Gasteiger partial charge in [0.05, 0.1) is 73.3 Å². The van der Waals surface area contributed by atoms with E-state index in [1.54, 1.807) is 25.5 Å². The van der Waals surface area contributed by atoms with Gasteiger partial charge >= 0.3 is 35.2 Å². The summed E-state index contributed by atoms with van der Waals surface area (Å²) in [4.78, 5) is 15.7.